The van der Waals surface area contributed by atoms with E-state index in [1.54, 1.807) is 0 Å². The highest BCUT2D eigenvalue weighted by atomic mass is 15.6. The molecule has 0 bridgehead atoms. The molecule has 1 fully saturated rings. The first-order chi connectivity index (χ1) is 9.76. The van der Waals surface area contributed by atoms with Gasteiger partial charge in [0.15, 0.2) is 0 Å². The van der Waals surface area contributed by atoms with Crippen molar-refractivity contribution in [2.75, 3.05) is 0 Å². The molecule has 4 heteroatoms. The molecule has 108 valence electrons. The summed E-state index contributed by atoms with van der Waals surface area (Å²) >= 11 is 0. The van der Waals surface area contributed by atoms with E-state index in [2.05, 4.69) is 30.5 Å². The van der Waals surface area contributed by atoms with Gasteiger partial charge in [-0.1, -0.05) is 31.3 Å². The molecule has 2 aliphatic rings. The molecule has 2 unspecified atom stereocenters. The van der Waals surface area contributed by atoms with Crippen LogP contribution >= 0.6 is 0 Å². The van der Waals surface area contributed by atoms with Gasteiger partial charge in [-0.15, -0.1) is 4.59 Å². The number of aryl methyl sites for hydroxylation is 1. The highest BCUT2D eigenvalue weighted by Crippen LogP contribution is 2.39. The van der Waals surface area contributed by atoms with Crippen LogP contribution in [0.1, 0.15) is 45.4 Å². The minimum Gasteiger partial charge on any atom is -0.269 e. The van der Waals surface area contributed by atoms with E-state index in [4.69, 9.17) is 5.10 Å². The van der Waals surface area contributed by atoms with Crippen molar-refractivity contribution in [3.05, 3.63) is 24.7 Å². The standard InChI is InChI=1S/C16H25N4/c1-3-16(14-8-5-4-6-9-14)20(11-7-10-18-20)15-12-17-19(2)13-15/h7,10-14,16H,3-6,8-9H2,1-2H3/q+1. The number of aromatic nitrogens is 2. The van der Waals surface area contributed by atoms with Crippen molar-refractivity contribution in [2.45, 2.75) is 51.5 Å². The molecule has 0 amide bonds. The Balaban J connectivity index is 1.96. The highest BCUT2D eigenvalue weighted by Gasteiger charge is 2.44. The van der Waals surface area contributed by atoms with Crippen molar-refractivity contribution in [1.82, 2.24) is 14.4 Å². The van der Waals surface area contributed by atoms with Crippen molar-refractivity contribution in [1.29, 1.82) is 0 Å². The first kappa shape index (κ1) is 13.6. The van der Waals surface area contributed by atoms with Gasteiger partial charge >= 0.3 is 0 Å². The van der Waals surface area contributed by atoms with Gasteiger partial charge in [0.25, 0.3) is 0 Å². The minimum atomic E-state index is 0.537. The molecular weight excluding hydrogens is 248 g/mol. The van der Waals surface area contributed by atoms with Gasteiger partial charge in [0.05, 0.1) is 12.4 Å². The molecule has 2 atom stereocenters. The van der Waals surface area contributed by atoms with Gasteiger partial charge in [-0.05, 0) is 12.8 Å². The molecule has 3 rings (SSSR count). The van der Waals surface area contributed by atoms with Crippen LogP contribution in [0.15, 0.2) is 29.8 Å². The van der Waals surface area contributed by atoms with Crippen LogP contribution in [0.25, 0.3) is 0 Å². The third kappa shape index (κ3) is 2.22. The van der Waals surface area contributed by atoms with E-state index in [0.29, 0.717) is 10.6 Å². The molecule has 0 radical (unpaired) electrons. The predicted octanol–water partition coefficient (Wildman–Crippen LogP) is 3.60. The van der Waals surface area contributed by atoms with Crippen molar-refractivity contribution in [2.24, 2.45) is 18.1 Å². The van der Waals surface area contributed by atoms with Crippen molar-refractivity contribution in [3.8, 4) is 0 Å². The van der Waals surface area contributed by atoms with Gasteiger partial charge in [0, 0.05) is 25.5 Å². The molecule has 1 saturated carbocycles. The van der Waals surface area contributed by atoms with Crippen molar-refractivity contribution < 1.29 is 0 Å². The molecule has 20 heavy (non-hydrogen) atoms. The first-order valence-corrected chi connectivity index (χ1v) is 7.87. The van der Waals surface area contributed by atoms with Crippen LogP contribution in [0.5, 0.6) is 0 Å². The van der Waals surface area contributed by atoms with Gasteiger partial charge < -0.3 is 0 Å². The average molecular weight is 273 g/mol. The largest absolute Gasteiger partial charge is 0.269 e. The van der Waals surface area contributed by atoms with Crippen LogP contribution in [-0.2, 0) is 7.05 Å². The molecule has 4 nitrogen and oxygen atoms in total. The fourth-order valence-electron chi connectivity index (χ4n) is 3.94. The summed E-state index contributed by atoms with van der Waals surface area (Å²) in [5.74, 6) is 0.772. The average Bonchev–Trinajstić information content (AvgIpc) is 3.11. The number of hydrogen-bond acceptors (Lipinski definition) is 2. The molecule has 1 aliphatic carbocycles. The molecule has 1 aromatic rings. The smallest absolute Gasteiger partial charge is 0.202 e. The second-order valence-corrected chi connectivity index (χ2v) is 6.09. The van der Waals surface area contributed by atoms with Gasteiger partial charge in [-0.2, -0.15) is 5.10 Å². The van der Waals surface area contributed by atoms with E-state index in [-0.39, 0.29) is 0 Å². The molecule has 2 heterocycles. The summed E-state index contributed by atoms with van der Waals surface area (Å²) in [5, 5.41) is 9.21. The van der Waals surface area contributed by atoms with E-state index in [9.17, 15) is 0 Å². The third-order valence-corrected chi connectivity index (χ3v) is 4.88. The fourth-order valence-corrected chi connectivity index (χ4v) is 3.94. The molecule has 0 saturated heterocycles. The third-order valence-electron chi connectivity index (χ3n) is 4.88. The Labute approximate surface area is 121 Å². The van der Waals surface area contributed by atoms with Crippen LogP contribution in [0.2, 0.25) is 0 Å². The number of rotatable bonds is 4. The van der Waals surface area contributed by atoms with Gasteiger partial charge in [-0.25, -0.2) is 0 Å². The molecule has 1 aliphatic heterocycles. The zero-order valence-corrected chi connectivity index (χ0v) is 12.6. The number of allylic oxidation sites excluding steroid dienone is 1. The maximum absolute atomic E-state index is 4.85. The summed E-state index contributed by atoms with van der Waals surface area (Å²) in [6, 6.07) is 0.537. The Morgan fingerprint density at radius 1 is 1.35 bits per heavy atom. The fraction of sp³-hybridized carbons (Fsp3) is 0.625. The number of nitrogens with zero attached hydrogens (tertiary/aromatic N) is 4. The SMILES string of the molecule is CCC(C1CCCCC1)[N+]1(c2cnn(C)c2)C=CC=N1. The predicted molar refractivity (Wildman–Crippen MR) is 83.3 cm³/mol. The Kier molecular flexibility index (Phi) is 3.74. The van der Waals surface area contributed by atoms with Gasteiger partial charge in [0.1, 0.15) is 18.4 Å². The van der Waals surface area contributed by atoms with Crippen molar-refractivity contribution >= 4 is 11.9 Å². The van der Waals surface area contributed by atoms with Crippen molar-refractivity contribution in [3.63, 3.8) is 0 Å². The Bertz CT molecular complexity index is 496. The van der Waals surface area contributed by atoms with Crippen LogP contribution in [0.3, 0.4) is 0 Å². The molecule has 0 spiro atoms. The monoisotopic (exact) mass is 273 g/mol. The Morgan fingerprint density at radius 3 is 2.70 bits per heavy atom. The number of quaternary nitrogens is 1. The van der Waals surface area contributed by atoms with Crippen LogP contribution in [0, 0.1) is 5.92 Å². The van der Waals surface area contributed by atoms with Crippen LogP contribution < -0.4 is 4.59 Å². The van der Waals surface area contributed by atoms with E-state index in [0.717, 1.165) is 12.3 Å². The molecular formula is C16H25N4+. The summed E-state index contributed by atoms with van der Waals surface area (Å²) in [6.07, 6.45) is 18.3. The van der Waals surface area contributed by atoms with Crippen LogP contribution in [0.4, 0.5) is 5.69 Å². The first-order valence-electron chi connectivity index (χ1n) is 7.87. The summed E-state index contributed by atoms with van der Waals surface area (Å²) in [5.41, 5.74) is 1.19. The summed E-state index contributed by atoms with van der Waals surface area (Å²) in [7, 11) is 1.98. The molecule has 0 aromatic carbocycles. The van der Waals surface area contributed by atoms with E-state index in [1.165, 1.54) is 37.8 Å². The summed E-state index contributed by atoms with van der Waals surface area (Å²) in [4.78, 5) is 0. The maximum Gasteiger partial charge on any atom is 0.202 e. The lowest BCUT2D eigenvalue weighted by Gasteiger charge is -2.38. The lowest BCUT2D eigenvalue weighted by molar-refractivity contribution is 0.167. The van der Waals surface area contributed by atoms with Gasteiger partial charge in [-0.3, -0.25) is 4.68 Å². The van der Waals surface area contributed by atoms with E-state index in [1.807, 2.05) is 24.1 Å². The molecule has 1 aromatic heterocycles. The Hall–Kier alpha value is -1.42. The van der Waals surface area contributed by atoms with Crippen LogP contribution in [-0.4, -0.2) is 22.0 Å². The van der Waals surface area contributed by atoms with Gasteiger partial charge in [0.2, 0.25) is 5.69 Å². The molecule has 0 N–H and O–H groups in total. The lowest BCUT2D eigenvalue weighted by atomic mass is 9.81. The highest BCUT2D eigenvalue weighted by molar-refractivity contribution is 5.75. The number of hydrogen-bond donors (Lipinski definition) is 0. The quantitative estimate of drug-likeness (QED) is 0.771. The normalized spacial score (nSPS) is 28.1. The second-order valence-electron chi connectivity index (χ2n) is 6.09. The second kappa shape index (κ2) is 5.52. The zero-order chi connectivity index (χ0) is 14.0. The lowest BCUT2D eigenvalue weighted by Crippen LogP contribution is -2.50. The van der Waals surface area contributed by atoms with E-state index < -0.39 is 0 Å². The van der Waals surface area contributed by atoms with E-state index >= 15 is 0 Å². The topological polar surface area (TPSA) is 30.2 Å². The summed E-state index contributed by atoms with van der Waals surface area (Å²) in [6.45, 7) is 2.30. The minimum absolute atomic E-state index is 0.537. The zero-order valence-electron chi connectivity index (χ0n) is 12.6. The maximum atomic E-state index is 4.85. The summed E-state index contributed by atoms with van der Waals surface area (Å²) < 4.78 is 2.50. The Morgan fingerprint density at radius 2 is 2.15 bits per heavy atom.